The van der Waals surface area contributed by atoms with E-state index in [1.807, 2.05) is 26.0 Å². The van der Waals surface area contributed by atoms with Crippen LogP contribution in [0.15, 0.2) is 22.8 Å². The summed E-state index contributed by atoms with van der Waals surface area (Å²) in [5.41, 5.74) is 0.257. The van der Waals surface area contributed by atoms with Crippen molar-refractivity contribution in [2.75, 3.05) is 0 Å². The van der Waals surface area contributed by atoms with Crippen LogP contribution < -0.4 is 0 Å². The van der Waals surface area contributed by atoms with E-state index in [9.17, 15) is 0 Å². The van der Waals surface area contributed by atoms with Crippen molar-refractivity contribution in [2.24, 2.45) is 0 Å². The smallest absolute Gasteiger partial charge is 0.0948 e. The Labute approximate surface area is 80.4 Å². The highest BCUT2D eigenvalue weighted by molar-refractivity contribution is 9.10. The number of hydrogen-bond donors (Lipinski definition) is 0. The summed E-state index contributed by atoms with van der Waals surface area (Å²) in [6.45, 7) is 3.69. The molecule has 0 aliphatic carbocycles. The highest BCUT2D eigenvalue weighted by Crippen LogP contribution is 2.26. The topological polar surface area (TPSA) is 36.7 Å². The van der Waals surface area contributed by atoms with Gasteiger partial charge in [-0.3, -0.25) is 4.98 Å². The fourth-order valence-electron chi connectivity index (χ4n) is 0.899. The summed E-state index contributed by atoms with van der Waals surface area (Å²) in [6.07, 6.45) is 1.69. The molecule has 12 heavy (non-hydrogen) atoms. The highest BCUT2D eigenvalue weighted by atomic mass is 79.9. The molecule has 1 aromatic heterocycles. The minimum Gasteiger partial charge on any atom is -0.258 e. The van der Waals surface area contributed by atoms with Crippen LogP contribution in [0.1, 0.15) is 19.5 Å². The van der Waals surface area contributed by atoms with Gasteiger partial charge >= 0.3 is 0 Å². The zero-order valence-electron chi connectivity index (χ0n) is 7.00. The molecule has 0 amide bonds. The molecule has 0 saturated heterocycles. The van der Waals surface area contributed by atoms with Crippen LogP contribution in [0.5, 0.6) is 0 Å². The molecule has 0 spiro atoms. The van der Waals surface area contributed by atoms with Gasteiger partial charge < -0.3 is 0 Å². The molecule has 0 aromatic carbocycles. The monoisotopic (exact) mass is 224 g/mol. The summed E-state index contributed by atoms with van der Waals surface area (Å²) in [5, 5.41) is 8.86. The third-order valence-electron chi connectivity index (χ3n) is 1.63. The fourth-order valence-corrected chi connectivity index (χ4v) is 1.65. The molecule has 1 aromatic rings. The molecule has 0 bridgehead atoms. The number of pyridine rings is 1. The van der Waals surface area contributed by atoms with Gasteiger partial charge in [0.1, 0.15) is 0 Å². The maximum Gasteiger partial charge on any atom is 0.0948 e. The zero-order chi connectivity index (χ0) is 9.19. The Morgan fingerprint density at radius 3 is 2.75 bits per heavy atom. The van der Waals surface area contributed by atoms with E-state index >= 15 is 0 Å². The summed E-state index contributed by atoms with van der Waals surface area (Å²) >= 11 is 3.36. The first-order chi connectivity index (χ1) is 5.58. The van der Waals surface area contributed by atoms with E-state index in [0.29, 0.717) is 0 Å². The summed E-state index contributed by atoms with van der Waals surface area (Å²) in [7, 11) is 0. The summed E-state index contributed by atoms with van der Waals surface area (Å²) in [5.74, 6) is 0. The molecular formula is C9H9BrN2. The van der Waals surface area contributed by atoms with Crippen molar-refractivity contribution < 1.29 is 0 Å². The van der Waals surface area contributed by atoms with E-state index in [0.717, 1.165) is 10.2 Å². The Hall–Kier alpha value is -0.880. The second-order valence-electron chi connectivity index (χ2n) is 3.07. The van der Waals surface area contributed by atoms with E-state index in [4.69, 9.17) is 5.26 Å². The van der Waals surface area contributed by atoms with Gasteiger partial charge in [0.2, 0.25) is 0 Å². The Morgan fingerprint density at radius 2 is 2.25 bits per heavy atom. The van der Waals surface area contributed by atoms with Crippen LogP contribution in [0.2, 0.25) is 0 Å². The van der Waals surface area contributed by atoms with Crippen molar-refractivity contribution in [1.82, 2.24) is 4.98 Å². The van der Waals surface area contributed by atoms with E-state index < -0.39 is 5.41 Å². The fraction of sp³-hybridized carbons (Fsp3) is 0.333. The van der Waals surface area contributed by atoms with Crippen LogP contribution in [0.25, 0.3) is 0 Å². The molecule has 3 heteroatoms. The third kappa shape index (κ3) is 1.64. The third-order valence-corrected chi connectivity index (χ3v) is 2.27. The second kappa shape index (κ2) is 3.24. The van der Waals surface area contributed by atoms with Crippen molar-refractivity contribution in [3.63, 3.8) is 0 Å². The molecule has 1 rings (SSSR count). The highest BCUT2D eigenvalue weighted by Gasteiger charge is 2.23. The predicted octanol–water partition coefficient (Wildman–Crippen LogP) is 2.65. The van der Waals surface area contributed by atoms with Gasteiger partial charge in [-0.15, -0.1) is 0 Å². The lowest BCUT2D eigenvalue weighted by Gasteiger charge is -2.15. The molecule has 1 heterocycles. The van der Waals surface area contributed by atoms with Gasteiger partial charge in [0.15, 0.2) is 0 Å². The number of nitrogens with zero attached hydrogens (tertiary/aromatic N) is 2. The molecule has 0 N–H and O–H groups in total. The largest absolute Gasteiger partial charge is 0.258 e. The van der Waals surface area contributed by atoms with Gasteiger partial charge in [-0.25, -0.2) is 0 Å². The van der Waals surface area contributed by atoms with Crippen LogP contribution in [-0.4, -0.2) is 4.98 Å². The maximum absolute atomic E-state index is 8.86. The first kappa shape index (κ1) is 9.21. The first-order valence-corrected chi connectivity index (χ1v) is 4.39. The number of hydrogen-bond acceptors (Lipinski definition) is 2. The summed E-state index contributed by atoms with van der Waals surface area (Å²) in [6, 6.07) is 5.93. The average Bonchev–Trinajstić information content (AvgIpc) is 2.05. The lowest BCUT2D eigenvalue weighted by molar-refractivity contribution is 0.655. The molecule has 0 radical (unpaired) electrons. The maximum atomic E-state index is 8.86. The van der Waals surface area contributed by atoms with Gasteiger partial charge in [0.05, 0.1) is 17.2 Å². The molecule has 62 valence electrons. The Bertz CT molecular complexity index is 326. The standard InChI is InChI=1S/C9H9BrN2/c1-9(2,6-11)8-7(10)4-3-5-12-8/h3-5H,1-2H3. The van der Waals surface area contributed by atoms with Crippen molar-refractivity contribution in [1.29, 1.82) is 5.26 Å². The van der Waals surface area contributed by atoms with E-state index in [1.165, 1.54) is 0 Å². The lowest BCUT2D eigenvalue weighted by atomic mass is 9.91. The van der Waals surface area contributed by atoms with Crippen LogP contribution in [0.3, 0.4) is 0 Å². The molecule has 0 fully saturated rings. The SMILES string of the molecule is CC(C)(C#N)c1ncccc1Br. The lowest BCUT2D eigenvalue weighted by Crippen LogP contribution is -2.16. The van der Waals surface area contributed by atoms with Crippen molar-refractivity contribution in [3.8, 4) is 6.07 Å². The van der Waals surface area contributed by atoms with Gasteiger partial charge in [-0.05, 0) is 41.9 Å². The van der Waals surface area contributed by atoms with Crippen molar-refractivity contribution in [3.05, 3.63) is 28.5 Å². The Morgan fingerprint density at radius 1 is 1.58 bits per heavy atom. The van der Waals surface area contributed by atoms with Gasteiger partial charge in [-0.1, -0.05) is 0 Å². The normalized spacial score (nSPS) is 10.8. The quantitative estimate of drug-likeness (QED) is 0.736. The molecule has 0 atom stereocenters. The summed E-state index contributed by atoms with van der Waals surface area (Å²) in [4.78, 5) is 4.15. The molecule has 0 unspecified atom stereocenters. The second-order valence-corrected chi connectivity index (χ2v) is 3.92. The molecule has 0 aliphatic heterocycles. The van der Waals surface area contributed by atoms with E-state index in [2.05, 4.69) is 27.0 Å². The minimum atomic E-state index is -0.528. The molecule has 2 nitrogen and oxygen atoms in total. The molecule has 0 aliphatic rings. The van der Waals surface area contributed by atoms with Crippen molar-refractivity contribution >= 4 is 15.9 Å². The summed E-state index contributed by atoms with van der Waals surface area (Å²) < 4.78 is 0.886. The van der Waals surface area contributed by atoms with E-state index in [-0.39, 0.29) is 0 Å². The van der Waals surface area contributed by atoms with Gasteiger partial charge in [0, 0.05) is 10.7 Å². The van der Waals surface area contributed by atoms with E-state index in [1.54, 1.807) is 6.20 Å². The van der Waals surface area contributed by atoms with Gasteiger partial charge in [-0.2, -0.15) is 5.26 Å². The predicted molar refractivity (Wildman–Crippen MR) is 50.6 cm³/mol. The molecular weight excluding hydrogens is 216 g/mol. The Balaban J connectivity index is 3.22. The minimum absolute atomic E-state index is 0.528. The first-order valence-electron chi connectivity index (χ1n) is 3.60. The van der Waals surface area contributed by atoms with Crippen LogP contribution in [0.4, 0.5) is 0 Å². The average molecular weight is 225 g/mol. The number of halogens is 1. The van der Waals surface area contributed by atoms with Crippen molar-refractivity contribution in [2.45, 2.75) is 19.3 Å². The van der Waals surface area contributed by atoms with Crippen LogP contribution in [0, 0.1) is 11.3 Å². The number of rotatable bonds is 1. The Kier molecular flexibility index (Phi) is 2.49. The number of nitriles is 1. The van der Waals surface area contributed by atoms with Crippen LogP contribution in [-0.2, 0) is 5.41 Å². The van der Waals surface area contributed by atoms with Gasteiger partial charge in [0.25, 0.3) is 0 Å². The molecule has 0 saturated carbocycles. The van der Waals surface area contributed by atoms with Crippen LogP contribution >= 0.6 is 15.9 Å². The zero-order valence-corrected chi connectivity index (χ0v) is 8.59. The number of aromatic nitrogens is 1.